The van der Waals surface area contributed by atoms with Gasteiger partial charge in [-0.3, -0.25) is 0 Å². The average Bonchev–Trinajstić information content (AvgIpc) is 1.58. The molecule has 1 aliphatic carbocycles. The summed E-state index contributed by atoms with van der Waals surface area (Å²) in [7, 11) is 0. The fraction of sp³-hybridized carbons (Fsp3) is 0.0286. The lowest BCUT2D eigenvalue weighted by molar-refractivity contribution is 0.627. The van der Waals surface area contributed by atoms with Gasteiger partial charge in [0.25, 0.3) is 0 Å². The van der Waals surface area contributed by atoms with Gasteiger partial charge in [0.1, 0.15) is 50.5 Å². The topological polar surface area (TPSA) is 72.3 Å². The molecule has 0 saturated heterocycles. The van der Waals surface area contributed by atoms with Gasteiger partial charge in [-0.2, -0.15) is 0 Å². The van der Waals surface area contributed by atoms with Crippen LogP contribution in [0.3, 0.4) is 0 Å². The minimum atomic E-state index is -0.242. The summed E-state index contributed by atoms with van der Waals surface area (Å²) >= 11 is 14.6. The van der Waals surface area contributed by atoms with E-state index in [0.717, 1.165) is 150 Å². The van der Waals surface area contributed by atoms with E-state index in [1.54, 1.807) is 0 Å². The standard InChI is InChI=1S/C33H22BrNO.C24H13BrFNO.2C24H14BrNO/c1-33(2)26-9-5-3-7-21(26)22-14-12-20(18-27(22)33)35-28-17-19(34)11-13-23(28)24-15-16-30-31(32(24)35)25-8-4-6-10-29(25)36-30;25-14-5-10-17-19-13-24-20(18-3-1-2-4-23(18)28-24)12-22(19)27(21(17)11-14)16-8-6-15(26)7-9-16;25-15-10-11-17-19-14-24-20(18-8-4-5-9-23(18)27-24)13-22(19)26(21(17)12-15)16-6-2-1-3-7-16;25-15-10-11-19-21(14-15)26(16-6-2-1-3-7-16)20-13-12-18-17-8-4-5-9-22(17)27-24(18)23(19)20/h3-18H,1-2H3;1-13H;2*1-14H. The van der Waals surface area contributed by atoms with Crippen molar-refractivity contribution in [2.45, 2.75) is 19.3 Å². The Kier molecular flexibility index (Phi) is 16.3. The van der Waals surface area contributed by atoms with Crippen molar-refractivity contribution >= 4 is 239 Å². The first-order valence-electron chi connectivity index (χ1n) is 39.1. The van der Waals surface area contributed by atoms with E-state index in [2.05, 4.69) is 357 Å². The second-order valence-electron chi connectivity index (χ2n) is 30.8. The van der Waals surface area contributed by atoms with Crippen molar-refractivity contribution in [1.82, 2.24) is 18.3 Å². The SMILES string of the molecule is Brc1ccc2c3c4oc5ccccc5c4ccc3n(-c3ccccc3)c2c1.Brc1ccc2c3cc4oc5ccccc5c4cc3n(-c3ccccc3)c2c1.CC1(C)c2ccccc2-c2ccc(-n3c4cc(Br)ccc4c4ccc5oc6ccccc6c5c43)cc21.Fc1ccc(-n2c3cc(Br)ccc3c3cc4oc5ccccc5c4cc32)cc1. The number of hydrogen-bond acceptors (Lipinski definition) is 4. The van der Waals surface area contributed by atoms with Gasteiger partial charge in [-0.1, -0.05) is 241 Å². The van der Waals surface area contributed by atoms with E-state index in [1.807, 2.05) is 72.8 Å². The largest absolute Gasteiger partial charge is 0.456 e. The molecule has 0 radical (unpaired) electrons. The van der Waals surface area contributed by atoms with E-state index in [9.17, 15) is 4.39 Å². The van der Waals surface area contributed by atoms with Crippen LogP contribution < -0.4 is 0 Å². The number of halogens is 5. The van der Waals surface area contributed by atoms with Crippen LogP contribution in [0.4, 0.5) is 4.39 Å². The second kappa shape index (κ2) is 27.3. The Morgan fingerprint density at radius 1 is 0.237 bits per heavy atom. The fourth-order valence-electron chi connectivity index (χ4n) is 18.6. The molecule has 0 saturated carbocycles. The first kappa shape index (κ1) is 70.4. The van der Waals surface area contributed by atoms with Gasteiger partial charge in [0, 0.05) is 121 Å². The molecule has 118 heavy (non-hydrogen) atoms. The second-order valence-corrected chi connectivity index (χ2v) is 34.5. The van der Waals surface area contributed by atoms with Crippen LogP contribution in [0.2, 0.25) is 0 Å². The number of para-hydroxylation sites is 6. The Hall–Kier alpha value is -13.0. The molecule has 25 aromatic rings. The van der Waals surface area contributed by atoms with E-state index in [0.29, 0.717) is 0 Å². The molecular weight excluding hydrogens is 1720 g/mol. The number of rotatable bonds is 4. The highest BCUT2D eigenvalue weighted by Crippen LogP contribution is 2.52. The fourth-order valence-corrected chi connectivity index (χ4v) is 20.0. The van der Waals surface area contributed by atoms with Crippen LogP contribution in [0.1, 0.15) is 25.0 Å². The molecule has 0 bridgehead atoms. The lowest BCUT2D eigenvalue weighted by Crippen LogP contribution is -2.15. The van der Waals surface area contributed by atoms with Gasteiger partial charge in [-0.25, -0.2) is 4.39 Å². The third kappa shape index (κ3) is 11.1. The molecule has 562 valence electrons. The quantitative estimate of drug-likeness (QED) is 0.176. The number of benzene rings is 17. The van der Waals surface area contributed by atoms with Gasteiger partial charge in [-0.15, -0.1) is 0 Å². The van der Waals surface area contributed by atoms with E-state index in [-0.39, 0.29) is 11.2 Å². The van der Waals surface area contributed by atoms with Crippen LogP contribution >= 0.6 is 63.7 Å². The molecule has 0 fully saturated rings. The summed E-state index contributed by atoms with van der Waals surface area (Å²) in [4.78, 5) is 0. The predicted molar refractivity (Wildman–Crippen MR) is 501 cm³/mol. The summed E-state index contributed by atoms with van der Waals surface area (Å²) in [5.74, 6) is -0.242. The Labute approximate surface area is 706 Å². The summed E-state index contributed by atoms with van der Waals surface area (Å²) < 4.78 is 51.8. The number of nitrogens with zero attached hydrogens (tertiary/aromatic N) is 4. The maximum atomic E-state index is 13.5. The van der Waals surface area contributed by atoms with Gasteiger partial charge in [0.15, 0.2) is 0 Å². The van der Waals surface area contributed by atoms with Crippen LogP contribution in [0, 0.1) is 5.82 Å². The molecule has 8 heterocycles. The highest BCUT2D eigenvalue weighted by atomic mass is 79.9. The Bertz CT molecular complexity index is 8490. The molecule has 0 atom stereocenters. The molecule has 0 unspecified atom stereocenters. The molecular formula is C105H63Br4FN4O4. The Balaban J connectivity index is 0.0000000930. The van der Waals surface area contributed by atoms with E-state index < -0.39 is 0 Å². The smallest absolute Gasteiger partial charge is 0.145 e. The molecule has 13 heteroatoms. The van der Waals surface area contributed by atoms with E-state index in [1.165, 1.54) is 100.0 Å². The maximum absolute atomic E-state index is 13.5. The molecule has 0 spiro atoms. The van der Waals surface area contributed by atoms with Crippen molar-refractivity contribution in [3.05, 3.63) is 381 Å². The number of fused-ring (bicyclic) bond motifs is 29. The Morgan fingerprint density at radius 2 is 0.636 bits per heavy atom. The van der Waals surface area contributed by atoms with Crippen molar-refractivity contribution in [3.8, 4) is 33.9 Å². The monoisotopic (exact) mass is 1780 g/mol. The molecule has 1 aliphatic rings. The van der Waals surface area contributed by atoms with Crippen molar-refractivity contribution in [3.63, 3.8) is 0 Å². The maximum Gasteiger partial charge on any atom is 0.145 e. The molecule has 8 nitrogen and oxygen atoms in total. The average molecular weight is 1780 g/mol. The van der Waals surface area contributed by atoms with Gasteiger partial charge in [-0.05, 0) is 204 Å². The zero-order valence-corrected chi connectivity index (χ0v) is 69.6. The molecule has 8 aromatic heterocycles. The Morgan fingerprint density at radius 3 is 1.20 bits per heavy atom. The zero-order valence-electron chi connectivity index (χ0n) is 63.2. The minimum absolute atomic E-state index is 0.0566. The third-order valence-corrected chi connectivity index (χ3v) is 25.8. The van der Waals surface area contributed by atoms with E-state index in [4.69, 9.17) is 17.7 Å². The van der Waals surface area contributed by atoms with Crippen LogP contribution in [0.25, 0.3) is 209 Å². The number of aromatic nitrogens is 4. The zero-order chi connectivity index (χ0) is 78.9. The lowest BCUT2D eigenvalue weighted by atomic mass is 9.82. The number of hydrogen-bond donors (Lipinski definition) is 0. The van der Waals surface area contributed by atoms with Gasteiger partial charge < -0.3 is 35.9 Å². The van der Waals surface area contributed by atoms with Crippen LogP contribution in [0.15, 0.2) is 381 Å². The van der Waals surface area contributed by atoms with Crippen molar-refractivity contribution < 1.29 is 22.1 Å². The molecule has 26 rings (SSSR count). The molecule has 17 aromatic carbocycles. The summed E-state index contributed by atoms with van der Waals surface area (Å²) in [5.41, 5.74) is 26.3. The normalized spacial score (nSPS) is 12.6. The summed E-state index contributed by atoms with van der Waals surface area (Å²) in [5, 5.41) is 18.6. The molecule has 0 N–H and O–H groups in total. The highest BCUT2D eigenvalue weighted by molar-refractivity contribution is 9.11. The van der Waals surface area contributed by atoms with E-state index >= 15 is 0 Å². The van der Waals surface area contributed by atoms with Crippen molar-refractivity contribution in [1.29, 1.82) is 0 Å². The predicted octanol–water partition coefficient (Wildman–Crippen LogP) is 32.2. The third-order valence-electron chi connectivity index (χ3n) is 23.9. The molecule has 0 amide bonds. The highest BCUT2D eigenvalue weighted by Gasteiger charge is 2.36. The van der Waals surface area contributed by atoms with Crippen molar-refractivity contribution in [2.24, 2.45) is 0 Å². The summed E-state index contributed by atoms with van der Waals surface area (Å²) in [6.07, 6.45) is 0. The number of furan rings is 4. The van der Waals surface area contributed by atoms with Crippen LogP contribution in [-0.4, -0.2) is 18.3 Å². The first-order valence-corrected chi connectivity index (χ1v) is 42.3. The van der Waals surface area contributed by atoms with Gasteiger partial charge in [0.2, 0.25) is 0 Å². The van der Waals surface area contributed by atoms with Gasteiger partial charge in [0.05, 0.1) is 54.9 Å². The lowest BCUT2D eigenvalue weighted by Gasteiger charge is -2.22. The first-order chi connectivity index (χ1) is 57.8. The van der Waals surface area contributed by atoms with Crippen LogP contribution in [0.5, 0.6) is 0 Å². The minimum Gasteiger partial charge on any atom is -0.456 e. The van der Waals surface area contributed by atoms with Crippen molar-refractivity contribution in [2.75, 3.05) is 0 Å². The summed E-state index contributed by atoms with van der Waals surface area (Å²) in [6.45, 7) is 4.68. The summed E-state index contributed by atoms with van der Waals surface area (Å²) in [6, 6.07) is 119. The molecule has 0 aliphatic heterocycles. The van der Waals surface area contributed by atoms with Crippen LogP contribution in [-0.2, 0) is 5.41 Å². The van der Waals surface area contributed by atoms with Gasteiger partial charge >= 0.3 is 0 Å².